The summed E-state index contributed by atoms with van der Waals surface area (Å²) in [5.74, 6) is -0.365. The second kappa shape index (κ2) is 5.48. The number of halogens is 2. The highest BCUT2D eigenvalue weighted by atomic mass is 79.9. The Bertz CT molecular complexity index is 643. The van der Waals surface area contributed by atoms with Crippen LogP contribution in [0.25, 0.3) is 0 Å². The van der Waals surface area contributed by atoms with Gasteiger partial charge in [-0.3, -0.25) is 4.79 Å². The maximum Gasteiger partial charge on any atom is 0.257 e. The van der Waals surface area contributed by atoms with Crippen molar-refractivity contribution in [3.63, 3.8) is 0 Å². The van der Waals surface area contributed by atoms with Crippen LogP contribution in [0.15, 0.2) is 34.9 Å². The quantitative estimate of drug-likeness (QED) is 0.912. The van der Waals surface area contributed by atoms with Crippen molar-refractivity contribution in [2.75, 3.05) is 5.32 Å². The van der Waals surface area contributed by atoms with Gasteiger partial charge in [0, 0.05) is 16.2 Å². The van der Waals surface area contributed by atoms with Crippen molar-refractivity contribution in [1.29, 1.82) is 0 Å². The minimum absolute atomic E-state index is 0.308. The van der Waals surface area contributed by atoms with Gasteiger partial charge in [0.1, 0.15) is 11.6 Å². The number of carbonyl (C=O) groups excluding carboxylic acids is 1. The van der Waals surface area contributed by atoms with E-state index in [4.69, 9.17) is 0 Å². The molecule has 5 heteroatoms. The van der Waals surface area contributed by atoms with Crippen molar-refractivity contribution in [2.45, 2.75) is 13.8 Å². The molecule has 0 spiro atoms. The van der Waals surface area contributed by atoms with Crippen molar-refractivity contribution in [2.24, 2.45) is 0 Å². The first kappa shape index (κ1) is 13.7. The highest BCUT2D eigenvalue weighted by Crippen LogP contribution is 2.18. The van der Waals surface area contributed by atoms with Crippen LogP contribution in [-0.4, -0.2) is 10.9 Å². The second-order valence-electron chi connectivity index (χ2n) is 4.23. The fraction of sp³-hybridized carbons (Fsp3) is 0.143. The number of aryl methyl sites for hydroxylation is 2. The smallest absolute Gasteiger partial charge is 0.257 e. The fourth-order valence-electron chi connectivity index (χ4n) is 1.63. The highest BCUT2D eigenvalue weighted by molar-refractivity contribution is 9.10. The van der Waals surface area contributed by atoms with Gasteiger partial charge >= 0.3 is 0 Å². The van der Waals surface area contributed by atoms with Crippen molar-refractivity contribution < 1.29 is 9.18 Å². The van der Waals surface area contributed by atoms with Gasteiger partial charge < -0.3 is 5.32 Å². The summed E-state index contributed by atoms with van der Waals surface area (Å²) in [5.41, 5.74) is 1.98. The van der Waals surface area contributed by atoms with Crippen molar-refractivity contribution in [3.8, 4) is 0 Å². The van der Waals surface area contributed by atoms with Crippen molar-refractivity contribution >= 4 is 27.7 Å². The average molecular weight is 323 g/mol. The van der Waals surface area contributed by atoms with E-state index in [1.807, 2.05) is 6.92 Å². The number of hydrogen-bond acceptors (Lipinski definition) is 2. The SMILES string of the molecule is Cc1cc(NC(=O)c2cc(F)ccc2C)ncc1Br. The highest BCUT2D eigenvalue weighted by Gasteiger charge is 2.11. The topological polar surface area (TPSA) is 42.0 Å². The Balaban J connectivity index is 2.25. The maximum absolute atomic E-state index is 13.2. The molecule has 1 aromatic heterocycles. The van der Waals surface area contributed by atoms with Crippen LogP contribution < -0.4 is 5.32 Å². The first-order valence-corrected chi connectivity index (χ1v) is 6.46. The Hall–Kier alpha value is -1.75. The fourth-order valence-corrected chi connectivity index (χ4v) is 1.85. The summed E-state index contributed by atoms with van der Waals surface area (Å²) in [6.07, 6.45) is 1.61. The van der Waals surface area contributed by atoms with Gasteiger partial charge in [-0.1, -0.05) is 6.07 Å². The molecule has 0 saturated heterocycles. The molecule has 2 rings (SSSR count). The molecule has 1 amide bonds. The van der Waals surface area contributed by atoms with E-state index >= 15 is 0 Å². The number of carbonyl (C=O) groups is 1. The molecule has 0 atom stereocenters. The van der Waals surface area contributed by atoms with Crippen LogP contribution in [0.4, 0.5) is 10.2 Å². The van der Waals surface area contributed by atoms with Crippen molar-refractivity contribution in [3.05, 3.63) is 57.4 Å². The molecule has 0 aliphatic carbocycles. The molecule has 98 valence electrons. The lowest BCUT2D eigenvalue weighted by atomic mass is 10.1. The molecule has 0 aliphatic rings. The molecule has 1 heterocycles. The summed E-state index contributed by atoms with van der Waals surface area (Å²) >= 11 is 3.34. The molecule has 0 fully saturated rings. The monoisotopic (exact) mass is 322 g/mol. The number of pyridine rings is 1. The summed E-state index contributed by atoms with van der Waals surface area (Å²) in [5, 5.41) is 2.66. The van der Waals surface area contributed by atoms with Crippen molar-refractivity contribution in [1.82, 2.24) is 4.98 Å². The van der Waals surface area contributed by atoms with Gasteiger partial charge in [0.2, 0.25) is 0 Å². The minimum atomic E-state index is -0.435. The molecule has 0 aliphatic heterocycles. The first-order valence-electron chi connectivity index (χ1n) is 5.67. The first-order chi connectivity index (χ1) is 8.97. The molecule has 0 radical (unpaired) electrons. The van der Waals surface area contributed by atoms with Gasteiger partial charge in [0.15, 0.2) is 0 Å². The van der Waals surface area contributed by atoms with Crippen LogP contribution in [0.3, 0.4) is 0 Å². The van der Waals surface area contributed by atoms with Gasteiger partial charge in [-0.05, 0) is 59.1 Å². The van der Waals surface area contributed by atoms with E-state index in [-0.39, 0.29) is 5.91 Å². The van der Waals surface area contributed by atoms with E-state index in [2.05, 4.69) is 26.2 Å². The Morgan fingerprint density at radius 2 is 2.00 bits per heavy atom. The number of amides is 1. The van der Waals surface area contributed by atoms with Crippen LogP contribution >= 0.6 is 15.9 Å². The molecule has 0 bridgehead atoms. The van der Waals surface area contributed by atoms with Crippen LogP contribution in [0, 0.1) is 19.7 Å². The Morgan fingerprint density at radius 1 is 1.26 bits per heavy atom. The zero-order valence-corrected chi connectivity index (χ0v) is 12.1. The third kappa shape index (κ3) is 3.17. The number of nitrogens with one attached hydrogen (secondary N) is 1. The van der Waals surface area contributed by atoms with Crippen LogP contribution in [-0.2, 0) is 0 Å². The normalized spacial score (nSPS) is 10.3. The predicted molar refractivity (Wildman–Crippen MR) is 75.8 cm³/mol. The zero-order valence-electron chi connectivity index (χ0n) is 10.5. The molecule has 2 aromatic rings. The Kier molecular flexibility index (Phi) is 3.95. The molecular formula is C14H12BrFN2O. The predicted octanol–water partition coefficient (Wildman–Crippen LogP) is 3.85. The Labute approximate surface area is 119 Å². The largest absolute Gasteiger partial charge is 0.307 e. The second-order valence-corrected chi connectivity index (χ2v) is 5.09. The number of aromatic nitrogens is 1. The average Bonchev–Trinajstić information content (AvgIpc) is 2.36. The molecule has 3 nitrogen and oxygen atoms in total. The van der Waals surface area contributed by atoms with Crippen LogP contribution in [0.5, 0.6) is 0 Å². The summed E-state index contributed by atoms with van der Waals surface area (Å²) < 4.78 is 14.0. The van der Waals surface area contributed by atoms with Gasteiger partial charge in [0.05, 0.1) is 0 Å². The molecular weight excluding hydrogens is 311 g/mol. The number of hydrogen-bond donors (Lipinski definition) is 1. The van der Waals surface area contributed by atoms with E-state index in [9.17, 15) is 9.18 Å². The van der Waals surface area contributed by atoms with E-state index in [1.54, 1.807) is 25.3 Å². The lowest BCUT2D eigenvalue weighted by Crippen LogP contribution is -2.14. The van der Waals surface area contributed by atoms with Crippen LogP contribution in [0.2, 0.25) is 0 Å². The zero-order chi connectivity index (χ0) is 14.0. The van der Waals surface area contributed by atoms with Crippen LogP contribution in [0.1, 0.15) is 21.5 Å². The van der Waals surface area contributed by atoms with Gasteiger partial charge in [-0.25, -0.2) is 9.37 Å². The van der Waals surface area contributed by atoms with E-state index in [0.29, 0.717) is 16.9 Å². The maximum atomic E-state index is 13.2. The molecule has 1 N–H and O–H groups in total. The molecule has 19 heavy (non-hydrogen) atoms. The molecule has 1 aromatic carbocycles. The number of benzene rings is 1. The number of anilines is 1. The Morgan fingerprint density at radius 3 is 2.68 bits per heavy atom. The third-order valence-corrected chi connectivity index (χ3v) is 3.56. The van der Waals surface area contributed by atoms with Gasteiger partial charge in [-0.15, -0.1) is 0 Å². The number of nitrogens with zero attached hydrogens (tertiary/aromatic N) is 1. The molecule has 0 unspecified atom stereocenters. The minimum Gasteiger partial charge on any atom is -0.307 e. The molecule has 0 saturated carbocycles. The lowest BCUT2D eigenvalue weighted by molar-refractivity contribution is 0.102. The van der Waals surface area contributed by atoms with E-state index in [1.165, 1.54) is 12.1 Å². The summed E-state index contributed by atoms with van der Waals surface area (Å²) in [6, 6.07) is 5.87. The standard InChI is InChI=1S/C14H12BrFN2O/c1-8-3-4-10(16)6-11(8)14(19)18-13-5-9(2)12(15)7-17-13/h3-7H,1-2H3,(H,17,18,19). The summed E-state index contributed by atoms with van der Waals surface area (Å²) in [4.78, 5) is 16.1. The lowest BCUT2D eigenvalue weighted by Gasteiger charge is -2.08. The van der Waals surface area contributed by atoms with Gasteiger partial charge in [0.25, 0.3) is 5.91 Å². The number of rotatable bonds is 2. The summed E-state index contributed by atoms with van der Waals surface area (Å²) in [6.45, 7) is 3.66. The third-order valence-electron chi connectivity index (χ3n) is 2.73. The van der Waals surface area contributed by atoms with E-state index < -0.39 is 5.82 Å². The van der Waals surface area contributed by atoms with Gasteiger partial charge in [-0.2, -0.15) is 0 Å². The summed E-state index contributed by atoms with van der Waals surface area (Å²) in [7, 11) is 0. The van der Waals surface area contributed by atoms with E-state index in [0.717, 1.165) is 10.0 Å².